The summed E-state index contributed by atoms with van der Waals surface area (Å²) in [5, 5.41) is 0. The van der Waals surface area contributed by atoms with Crippen LogP contribution < -0.4 is 27.4 Å². The van der Waals surface area contributed by atoms with Crippen molar-refractivity contribution in [1.82, 2.24) is 14.5 Å². The van der Waals surface area contributed by atoms with Crippen LogP contribution >= 0.6 is 0 Å². The molecule has 10 nitrogen and oxygen atoms in total. The highest BCUT2D eigenvalue weighted by molar-refractivity contribution is 6.06. The maximum absolute atomic E-state index is 13.2. The van der Waals surface area contributed by atoms with Gasteiger partial charge in [-0.1, -0.05) is 13.3 Å². The van der Waals surface area contributed by atoms with E-state index in [1.807, 2.05) is 6.92 Å². The molecule has 1 amide bonds. The number of H-pyrrole nitrogens is 2. The lowest BCUT2D eigenvalue weighted by Gasteiger charge is -2.23. The first kappa shape index (κ1) is 19.9. The topological polar surface area (TPSA) is 147 Å². The molecule has 0 spiro atoms. The number of nitrogens with one attached hydrogen (secondary N) is 2. The average molecular weight is 399 g/mol. The zero-order valence-corrected chi connectivity index (χ0v) is 15.8. The van der Waals surface area contributed by atoms with Crippen LogP contribution in [-0.4, -0.2) is 20.4 Å². The Bertz CT molecular complexity index is 1150. The predicted molar refractivity (Wildman–Crippen MR) is 107 cm³/mol. The molecule has 152 valence electrons. The summed E-state index contributed by atoms with van der Waals surface area (Å²) >= 11 is 0. The van der Waals surface area contributed by atoms with Crippen LogP contribution in [0.1, 0.15) is 35.9 Å². The quantitative estimate of drug-likeness (QED) is 0.541. The fourth-order valence-electron chi connectivity index (χ4n) is 2.89. The van der Waals surface area contributed by atoms with E-state index in [4.69, 9.17) is 10.2 Å². The van der Waals surface area contributed by atoms with Gasteiger partial charge in [0.1, 0.15) is 11.6 Å². The number of anilines is 2. The monoisotopic (exact) mass is 399 g/mol. The van der Waals surface area contributed by atoms with Gasteiger partial charge < -0.3 is 15.1 Å². The Hall–Kier alpha value is -3.82. The Kier molecular flexibility index (Phi) is 5.82. The van der Waals surface area contributed by atoms with E-state index in [1.165, 1.54) is 29.2 Å². The number of nitrogens with two attached hydrogens (primary N) is 1. The summed E-state index contributed by atoms with van der Waals surface area (Å²) in [4.78, 5) is 55.1. The number of aromatic amines is 2. The van der Waals surface area contributed by atoms with E-state index in [-0.39, 0.29) is 29.2 Å². The molecule has 4 N–H and O–H groups in total. The van der Waals surface area contributed by atoms with Crippen molar-refractivity contribution in [2.24, 2.45) is 0 Å². The lowest BCUT2D eigenvalue weighted by Crippen LogP contribution is -2.41. The lowest BCUT2D eigenvalue weighted by molar-refractivity contribution is 0.0982. The number of unbranched alkanes of at least 4 members (excludes halogenated alkanes) is 1. The van der Waals surface area contributed by atoms with Gasteiger partial charge >= 0.3 is 5.69 Å². The van der Waals surface area contributed by atoms with Crippen molar-refractivity contribution in [2.45, 2.75) is 32.9 Å². The van der Waals surface area contributed by atoms with Crippen LogP contribution in [0.5, 0.6) is 0 Å². The minimum Gasteiger partial charge on any atom is -0.467 e. The summed E-state index contributed by atoms with van der Waals surface area (Å²) in [5.74, 6) is -0.292. The van der Waals surface area contributed by atoms with E-state index in [1.54, 1.807) is 12.1 Å². The van der Waals surface area contributed by atoms with Crippen LogP contribution in [0.25, 0.3) is 0 Å². The van der Waals surface area contributed by atoms with Crippen molar-refractivity contribution in [3.8, 4) is 0 Å². The smallest absolute Gasteiger partial charge is 0.330 e. The molecule has 0 aliphatic carbocycles. The van der Waals surface area contributed by atoms with Gasteiger partial charge in [-0.2, -0.15) is 0 Å². The van der Waals surface area contributed by atoms with Crippen LogP contribution in [0.3, 0.4) is 0 Å². The molecule has 0 bridgehead atoms. The normalized spacial score (nSPS) is 10.8. The highest BCUT2D eigenvalue weighted by Gasteiger charge is 2.26. The molecule has 3 aromatic heterocycles. The van der Waals surface area contributed by atoms with E-state index in [0.717, 1.165) is 11.3 Å². The van der Waals surface area contributed by atoms with Crippen molar-refractivity contribution >= 4 is 17.4 Å². The number of hydrogen-bond acceptors (Lipinski definition) is 6. The van der Waals surface area contributed by atoms with Gasteiger partial charge in [0.25, 0.3) is 11.5 Å². The third-order valence-electron chi connectivity index (χ3n) is 4.39. The molecular formula is C19H21N5O5. The highest BCUT2D eigenvalue weighted by atomic mass is 16.3. The number of nitrogen functional groups attached to an aromatic ring is 1. The van der Waals surface area contributed by atoms with Crippen molar-refractivity contribution in [3.05, 3.63) is 79.2 Å². The van der Waals surface area contributed by atoms with Crippen LogP contribution in [0.15, 0.2) is 55.5 Å². The van der Waals surface area contributed by atoms with Gasteiger partial charge in [0.05, 0.1) is 18.4 Å². The third kappa shape index (κ3) is 4.21. The highest BCUT2D eigenvalue weighted by Crippen LogP contribution is 2.22. The Morgan fingerprint density at radius 3 is 2.66 bits per heavy atom. The molecular weight excluding hydrogens is 378 g/mol. The zero-order valence-electron chi connectivity index (χ0n) is 15.8. The Balaban J connectivity index is 2.14. The fourth-order valence-corrected chi connectivity index (χ4v) is 2.89. The van der Waals surface area contributed by atoms with Crippen LogP contribution in [0, 0.1) is 0 Å². The number of aromatic nitrogens is 3. The summed E-state index contributed by atoms with van der Waals surface area (Å²) < 4.78 is 6.55. The van der Waals surface area contributed by atoms with Gasteiger partial charge in [-0.15, -0.1) is 0 Å². The first-order valence-electron chi connectivity index (χ1n) is 9.08. The van der Waals surface area contributed by atoms with Gasteiger partial charge in [-0.25, -0.2) is 4.79 Å². The Morgan fingerprint density at radius 1 is 1.24 bits per heavy atom. The molecule has 3 rings (SSSR count). The Labute approximate surface area is 164 Å². The van der Waals surface area contributed by atoms with E-state index >= 15 is 0 Å². The second-order valence-electron chi connectivity index (χ2n) is 6.41. The molecule has 0 saturated heterocycles. The van der Waals surface area contributed by atoms with Crippen molar-refractivity contribution in [1.29, 1.82) is 0 Å². The number of hydrogen-bond donors (Lipinski definition) is 3. The SMILES string of the molecule is CCCCn1c(N)c(N(Cc2ccco2)C(=O)c2ccc(=O)[nH]c2)c(=O)[nH]c1=O. The molecule has 0 aliphatic heterocycles. The molecule has 0 atom stereocenters. The first-order valence-corrected chi connectivity index (χ1v) is 9.08. The summed E-state index contributed by atoms with van der Waals surface area (Å²) in [6.07, 6.45) is 4.17. The number of nitrogens with zero attached hydrogens (tertiary/aromatic N) is 2. The number of pyridine rings is 1. The molecule has 0 fully saturated rings. The molecule has 0 saturated carbocycles. The van der Waals surface area contributed by atoms with Crippen molar-refractivity contribution in [3.63, 3.8) is 0 Å². The molecule has 0 aromatic carbocycles. The number of rotatable bonds is 7. The number of carbonyl (C=O) groups is 1. The van der Waals surface area contributed by atoms with Crippen molar-refractivity contribution < 1.29 is 9.21 Å². The minimum absolute atomic E-state index is 0.0930. The second-order valence-corrected chi connectivity index (χ2v) is 6.41. The fraction of sp³-hybridized carbons (Fsp3) is 0.263. The van der Waals surface area contributed by atoms with Crippen LogP contribution in [0.2, 0.25) is 0 Å². The lowest BCUT2D eigenvalue weighted by atomic mass is 10.2. The van der Waals surface area contributed by atoms with Gasteiger partial charge in [0.15, 0.2) is 5.69 Å². The molecule has 3 aromatic rings. The van der Waals surface area contributed by atoms with E-state index < -0.39 is 17.2 Å². The predicted octanol–water partition coefficient (Wildman–Crippen LogP) is 1.05. The van der Waals surface area contributed by atoms with Gasteiger partial charge in [-0.05, 0) is 24.6 Å². The second kappa shape index (κ2) is 8.46. The molecule has 3 heterocycles. The first-order chi connectivity index (χ1) is 13.9. The molecule has 0 aliphatic rings. The van der Waals surface area contributed by atoms with E-state index in [0.29, 0.717) is 18.7 Å². The third-order valence-corrected chi connectivity index (χ3v) is 4.39. The van der Waals surface area contributed by atoms with E-state index in [9.17, 15) is 19.2 Å². The van der Waals surface area contributed by atoms with Crippen molar-refractivity contribution in [2.75, 3.05) is 10.6 Å². The van der Waals surface area contributed by atoms with Crippen LogP contribution in [-0.2, 0) is 13.1 Å². The molecule has 0 unspecified atom stereocenters. The van der Waals surface area contributed by atoms with E-state index in [2.05, 4.69) is 9.97 Å². The summed E-state index contributed by atoms with van der Waals surface area (Å²) in [5.41, 5.74) is 4.34. The maximum Gasteiger partial charge on any atom is 0.330 e. The summed E-state index contributed by atoms with van der Waals surface area (Å²) in [6, 6.07) is 5.83. The van der Waals surface area contributed by atoms with Gasteiger partial charge in [-0.3, -0.25) is 28.8 Å². The standard InChI is InChI=1S/C19H21N5O5/c1-2-3-8-23-16(20)15(17(26)22-19(23)28)24(11-13-5-4-9-29-13)18(27)12-6-7-14(25)21-10-12/h4-7,9-10H,2-3,8,11,20H2,1H3,(H,21,25)(H,22,26,28). The number of furan rings is 1. The van der Waals surface area contributed by atoms with Gasteiger partial charge in [0.2, 0.25) is 5.56 Å². The zero-order chi connectivity index (χ0) is 21.0. The number of carbonyl (C=O) groups excluding carboxylic acids is 1. The molecule has 0 radical (unpaired) electrons. The molecule has 10 heteroatoms. The molecule has 29 heavy (non-hydrogen) atoms. The van der Waals surface area contributed by atoms with Crippen LogP contribution in [0.4, 0.5) is 11.5 Å². The van der Waals surface area contributed by atoms with Gasteiger partial charge in [0, 0.05) is 18.8 Å². The largest absolute Gasteiger partial charge is 0.467 e. The minimum atomic E-state index is -0.787. The number of amides is 1. The summed E-state index contributed by atoms with van der Waals surface area (Å²) in [6.45, 7) is 2.16. The Morgan fingerprint density at radius 2 is 2.03 bits per heavy atom. The summed E-state index contributed by atoms with van der Waals surface area (Å²) in [7, 11) is 0. The average Bonchev–Trinajstić information content (AvgIpc) is 3.20. The maximum atomic E-state index is 13.2.